The van der Waals surface area contributed by atoms with E-state index < -0.39 is 11.8 Å². The number of aromatic nitrogens is 3. The van der Waals surface area contributed by atoms with Crippen molar-refractivity contribution in [2.45, 2.75) is 63.5 Å². The number of piperazine rings is 1. The molecular weight excluding hydrogens is 743 g/mol. The Morgan fingerprint density at radius 3 is 2.60 bits per heavy atom. The molecule has 4 aromatic rings. The fraction of sp³-hybridized carbons (Fsp3) is 0.488. The number of urea groups is 1. The number of ether oxygens (including phenoxy) is 1. The van der Waals surface area contributed by atoms with Crippen molar-refractivity contribution in [2.24, 2.45) is 5.73 Å². The van der Waals surface area contributed by atoms with Crippen LogP contribution < -0.4 is 30.9 Å². The van der Waals surface area contributed by atoms with Crippen LogP contribution in [0.3, 0.4) is 0 Å². The van der Waals surface area contributed by atoms with Gasteiger partial charge in [-0.2, -0.15) is 0 Å². The number of likely N-dealkylation sites (N-methyl/N-ethyl adjacent to an activating group) is 1. The summed E-state index contributed by atoms with van der Waals surface area (Å²) in [6, 6.07) is 10.4. The van der Waals surface area contributed by atoms with Crippen molar-refractivity contribution >= 4 is 58.2 Å². The molecule has 8 rings (SSSR count). The van der Waals surface area contributed by atoms with Crippen LogP contribution in [0.1, 0.15) is 65.8 Å². The number of benzene rings is 2. The average molecular weight is 794 g/mol. The second-order valence-corrected chi connectivity index (χ2v) is 15.6. The lowest BCUT2D eigenvalue weighted by atomic mass is 9.95. The largest absolute Gasteiger partial charge is 0.495 e. The van der Waals surface area contributed by atoms with Gasteiger partial charge in [0.05, 0.1) is 31.0 Å². The molecule has 3 saturated heterocycles. The molecule has 4 aliphatic rings. The Labute approximate surface area is 336 Å². The molecule has 3 fully saturated rings. The Morgan fingerprint density at radius 1 is 1.05 bits per heavy atom. The third-order valence-corrected chi connectivity index (χ3v) is 12.2. The van der Waals surface area contributed by atoms with Crippen molar-refractivity contribution in [3.63, 3.8) is 0 Å². The van der Waals surface area contributed by atoms with Crippen LogP contribution in [0.5, 0.6) is 5.75 Å². The molecule has 0 bridgehead atoms. The number of nitrogens with one attached hydrogen (secondary N) is 2. The molecule has 58 heavy (non-hydrogen) atoms. The van der Waals surface area contributed by atoms with Crippen molar-refractivity contribution in [1.29, 1.82) is 0 Å². The standard InChI is InChI=1S/C41H51N11O6/c1-4-6-30(40(55)44-24-53)35-29-10-8-25-19-28(21-31(25)37(29)58-47-35)49-14-16-50(17-15-49)32-11-9-26(20-33(32)57-3)45-39-36(38(42)54)43-22-34(46-39)51-12-5-7-27(23-51)52-18-13-48(2)41(52)56/h8-11,20,22,24,27-28,30H,4-7,12-19,21,23H2,1-3H3,(H2,42,54)(H,45,46)(H,44,53,55). The minimum atomic E-state index is -0.689. The van der Waals surface area contributed by atoms with E-state index in [0.29, 0.717) is 54.9 Å². The van der Waals surface area contributed by atoms with Crippen molar-refractivity contribution in [2.75, 3.05) is 81.6 Å². The van der Waals surface area contributed by atoms with Gasteiger partial charge in [-0.05, 0) is 55.9 Å². The number of fused-ring (bicyclic) bond motifs is 3. The highest BCUT2D eigenvalue weighted by Crippen LogP contribution is 2.38. The Morgan fingerprint density at radius 2 is 1.88 bits per heavy atom. The maximum Gasteiger partial charge on any atom is 0.320 e. The third-order valence-electron chi connectivity index (χ3n) is 12.2. The Balaban J connectivity index is 0.925. The van der Waals surface area contributed by atoms with E-state index in [1.54, 1.807) is 18.2 Å². The summed E-state index contributed by atoms with van der Waals surface area (Å²) in [5.41, 5.74) is 11.1. The van der Waals surface area contributed by atoms with Crippen LogP contribution in [0.4, 0.5) is 27.8 Å². The summed E-state index contributed by atoms with van der Waals surface area (Å²) in [5.74, 6) is -0.0538. The first-order valence-corrected chi connectivity index (χ1v) is 20.2. The number of primary amides is 1. The third kappa shape index (κ3) is 7.45. The number of imide groups is 1. The second-order valence-electron chi connectivity index (χ2n) is 15.6. The summed E-state index contributed by atoms with van der Waals surface area (Å²) in [6.07, 6.45) is 6.89. The monoisotopic (exact) mass is 793 g/mol. The summed E-state index contributed by atoms with van der Waals surface area (Å²) >= 11 is 0. The van der Waals surface area contributed by atoms with E-state index in [0.717, 1.165) is 93.6 Å². The minimum Gasteiger partial charge on any atom is -0.495 e. The van der Waals surface area contributed by atoms with Gasteiger partial charge in [0.2, 0.25) is 12.3 Å². The summed E-state index contributed by atoms with van der Waals surface area (Å²) in [4.78, 5) is 68.8. The number of anilines is 4. The zero-order valence-corrected chi connectivity index (χ0v) is 33.3. The number of piperidine rings is 1. The number of nitrogens with zero attached hydrogens (tertiary/aromatic N) is 8. The molecule has 17 heteroatoms. The molecule has 3 unspecified atom stereocenters. The first kappa shape index (κ1) is 38.9. The van der Waals surface area contributed by atoms with Crippen LogP contribution in [0, 0.1) is 0 Å². The maximum atomic E-state index is 12.7. The molecule has 1 aliphatic carbocycles. The van der Waals surface area contributed by atoms with Gasteiger partial charge in [-0.3, -0.25) is 24.6 Å². The number of nitrogens with two attached hydrogens (primary N) is 1. The predicted molar refractivity (Wildman–Crippen MR) is 218 cm³/mol. The van der Waals surface area contributed by atoms with Gasteiger partial charge >= 0.3 is 6.03 Å². The highest BCUT2D eigenvalue weighted by atomic mass is 16.5. The molecule has 4 N–H and O–H groups in total. The molecule has 3 atom stereocenters. The highest BCUT2D eigenvalue weighted by molar-refractivity contribution is 5.97. The molecule has 0 spiro atoms. The topological polar surface area (TPSA) is 196 Å². The smallest absolute Gasteiger partial charge is 0.320 e. The number of carbonyl (C=O) groups is 4. The van der Waals surface area contributed by atoms with Crippen LogP contribution in [0.25, 0.3) is 11.0 Å². The van der Waals surface area contributed by atoms with E-state index in [1.807, 2.05) is 43.1 Å². The Kier molecular flexibility index (Phi) is 11.0. The lowest BCUT2D eigenvalue weighted by Crippen LogP contribution is -2.50. The number of methoxy groups -OCH3 is 1. The van der Waals surface area contributed by atoms with Crippen LogP contribution in [-0.4, -0.2) is 133 Å². The molecule has 2 aromatic heterocycles. The van der Waals surface area contributed by atoms with E-state index in [-0.39, 0.29) is 29.5 Å². The van der Waals surface area contributed by atoms with Crippen molar-refractivity contribution < 1.29 is 28.4 Å². The SMILES string of the molecule is CCCC(C(=O)NC=O)c1noc2c3c(ccc12)CC(N1CCN(c2ccc(Nc4nc(N5CCCC(N6CCN(C)C6=O)C5)cnc4C(N)=O)cc2OC)CC1)C3. The van der Waals surface area contributed by atoms with Gasteiger partial charge in [-0.25, -0.2) is 14.8 Å². The molecule has 5 amide bonds. The zero-order chi connectivity index (χ0) is 40.5. The van der Waals surface area contributed by atoms with E-state index >= 15 is 0 Å². The molecule has 306 valence electrons. The van der Waals surface area contributed by atoms with Gasteiger partial charge in [0.15, 0.2) is 17.1 Å². The Hall–Kier alpha value is -5.97. The molecule has 5 heterocycles. The molecule has 0 saturated carbocycles. The van der Waals surface area contributed by atoms with E-state index in [1.165, 1.54) is 5.56 Å². The summed E-state index contributed by atoms with van der Waals surface area (Å²) in [7, 11) is 3.48. The zero-order valence-electron chi connectivity index (χ0n) is 33.3. The number of carbonyl (C=O) groups excluding carboxylic acids is 4. The van der Waals surface area contributed by atoms with Gasteiger partial charge in [-0.1, -0.05) is 24.6 Å². The highest BCUT2D eigenvalue weighted by Gasteiger charge is 2.36. The van der Waals surface area contributed by atoms with Gasteiger partial charge in [-0.15, -0.1) is 0 Å². The minimum absolute atomic E-state index is 0.0362. The van der Waals surface area contributed by atoms with E-state index in [2.05, 4.69) is 41.5 Å². The molecule has 3 aliphatic heterocycles. The number of hydrogen-bond acceptors (Lipinski definition) is 13. The molecule has 2 aromatic carbocycles. The van der Waals surface area contributed by atoms with E-state index in [9.17, 15) is 19.2 Å². The van der Waals surface area contributed by atoms with Crippen LogP contribution >= 0.6 is 0 Å². The Bertz CT molecular complexity index is 2200. The molecule has 17 nitrogen and oxygen atoms in total. The van der Waals surface area contributed by atoms with Crippen LogP contribution in [-0.2, 0) is 22.4 Å². The second kappa shape index (κ2) is 16.5. The van der Waals surface area contributed by atoms with Gasteiger partial charge < -0.3 is 39.9 Å². The van der Waals surface area contributed by atoms with Gasteiger partial charge in [0, 0.05) is 88.2 Å². The summed E-state index contributed by atoms with van der Waals surface area (Å²) in [5, 5.41) is 10.8. The quantitative estimate of drug-likeness (QED) is 0.167. The normalized spacial score (nSPS) is 20.4. The first-order valence-electron chi connectivity index (χ1n) is 20.2. The summed E-state index contributed by atoms with van der Waals surface area (Å²) in [6.45, 7) is 8.15. The average Bonchev–Trinajstić information content (AvgIpc) is 3.96. The van der Waals surface area contributed by atoms with Crippen molar-refractivity contribution in [3.8, 4) is 5.75 Å². The van der Waals surface area contributed by atoms with Gasteiger partial charge in [0.25, 0.3) is 5.91 Å². The summed E-state index contributed by atoms with van der Waals surface area (Å²) < 4.78 is 11.8. The number of hydrogen-bond donors (Lipinski definition) is 3. The fourth-order valence-corrected chi connectivity index (χ4v) is 9.15. The van der Waals surface area contributed by atoms with Crippen LogP contribution in [0.15, 0.2) is 41.1 Å². The first-order chi connectivity index (χ1) is 28.2. The molecule has 0 radical (unpaired) electrons. The lowest BCUT2D eigenvalue weighted by molar-refractivity contribution is -0.126. The van der Waals surface area contributed by atoms with Gasteiger partial charge in [0.1, 0.15) is 17.3 Å². The molecular formula is C41H51N11O6. The van der Waals surface area contributed by atoms with Crippen molar-refractivity contribution in [1.82, 2.24) is 35.1 Å². The lowest BCUT2D eigenvalue weighted by Gasteiger charge is -2.39. The fourth-order valence-electron chi connectivity index (χ4n) is 9.15. The van der Waals surface area contributed by atoms with Crippen LogP contribution in [0.2, 0.25) is 0 Å². The maximum absolute atomic E-state index is 12.7. The predicted octanol–water partition coefficient (Wildman–Crippen LogP) is 3.25. The number of amides is 5. The van der Waals surface area contributed by atoms with Crippen molar-refractivity contribution in [3.05, 3.63) is 59.0 Å². The van der Waals surface area contributed by atoms with E-state index in [4.69, 9.17) is 20.0 Å². The number of rotatable bonds is 13.